The van der Waals surface area contributed by atoms with Crippen LogP contribution in [-0.4, -0.2) is 26.1 Å². The number of rotatable bonds is 3. The molecule has 4 fully saturated rings. The molecule has 4 saturated carbocycles. The SMILES string of the molecule is CS(=O)(=O)NC12CC3C[C@H](C1)CC(C(N)=O)(C3)C2. The predicted octanol–water partition coefficient (Wildman–Crippen LogP) is 0.360. The van der Waals surface area contributed by atoms with Gasteiger partial charge >= 0.3 is 0 Å². The Kier molecular flexibility index (Phi) is 2.40. The third-order valence-electron chi connectivity index (χ3n) is 4.99. The molecule has 0 spiro atoms. The van der Waals surface area contributed by atoms with Gasteiger partial charge in [0.05, 0.1) is 11.7 Å². The lowest BCUT2D eigenvalue weighted by molar-refractivity contribution is -0.145. The molecule has 4 aliphatic rings. The average molecular weight is 272 g/mol. The molecule has 0 aromatic rings. The molecule has 0 radical (unpaired) electrons. The zero-order valence-electron chi connectivity index (χ0n) is 10.6. The molecule has 6 heteroatoms. The highest BCUT2D eigenvalue weighted by atomic mass is 32.2. The lowest BCUT2D eigenvalue weighted by Crippen LogP contribution is -2.65. The molecular weight excluding hydrogens is 252 g/mol. The molecule has 0 aromatic carbocycles. The van der Waals surface area contributed by atoms with Crippen LogP contribution < -0.4 is 10.5 Å². The van der Waals surface area contributed by atoms with Crippen LogP contribution in [0.25, 0.3) is 0 Å². The molecule has 4 atom stereocenters. The van der Waals surface area contributed by atoms with Gasteiger partial charge in [0.2, 0.25) is 15.9 Å². The van der Waals surface area contributed by atoms with E-state index in [1.54, 1.807) is 0 Å². The number of carbonyl (C=O) groups excluding carboxylic acids is 1. The van der Waals surface area contributed by atoms with Crippen LogP contribution in [0.4, 0.5) is 0 Å². The number of sulfonamides is 1. The molecule has 5 nitrogen and oxygen atoms in total. The van der Waals surface area contributed by atoms with Crippen LogP contribution in [0.2, 0.25) is 0 Å². The highest BCUT2D eigenvalue weighted by Gasteiger charge is 2.60. The van der Waals surface area contributed by atoms with E-state index >= 15 is 0 Å². The lowest BCUT2D eigenvalue weighted by atomic mass is 9.47. The number of hydrogen-bond donors (Lipinski definition) is 2. The second-order valence-electron chi connectivity index (χ2n) is 6.76. The fourth-order valence-corrected chi connectivity index (χ4v) is 6.09. The lowest BCUT2D eigenvalue weighted by Gasteiger charge is -2.60. The minimum atomic E-state index is -3.24. The first-order valence-corrected chi connectivity index (χ1v) is 8.40. The summed E-state index contributed by atoms with van der Waals surface area (Å²) < 4.78 is 25.9. The largest absolute Gasteiger partial charge is 0.369 e. The predicted molar refractivity (Wildman–Crippen MR) is 67.0 cm³/mol. The first-order chi connectivity index (χ1) is 8.22. The van der Waals surface area contributed by atoms with E-state index in [9.17, 15) is 13.2 Å². The topological polar surface area (TPSA) is 89.3 Å². The molecule has 3 N–H and O–H groups in total. The van der Waals surface area contributed by atoms with E-state index in [0.29, 0.717) is 18.3 Å². The van der Waals surface area contributed by atoms with Gasteiger partial charge in [-0.05, 0) is 50.4 Å². The fraction of sp³-hybridized carbons (Fsp3) is 0.917. The quantitative estimate of drug-likeness (QED) is 0.777. The molecule has 3 unspecified atom stereocenters. The molecule has 102 valence electrons. The third-order valence-corrected chi connectivity index (χ3v) is 5.79. The van der Waals surface area contributed by atoms with Gasteiger partial charge in [0.1, 0.15) is 0 Å². The summed E-state index contributed by atoms with van der Waals surface area (Å²) in [6.07, 6.45) is 6.36. The van der Waals surface area contributed by atoms with Crippen molar-refractivity contribution in [3.05, 3.63) is 0 Å². The molecule has 4 bridgehead atoms. The van der Waals surface area contributed by atoms with E-state index in [2.05, 4.69) is 4.72 Å². The van der Waals surface area contributed by atoms with E-state index in [1.807, 2.05) is 0 Å². The Bertz CT molecular complexity index is 485. The van der Waals surface area contributed by atoms with E-state index < -0.39 is 21.0 Å². The van der Waals surface area contributed by atoms with Gasteiger partial charge in [-0.1, -0.05) is 0 Å². The molecule has 0 aromatic heterocycles. The first-order valence-electron chi connectivity index (χ1n) is 6.51. The number of nitrogens with one attached hydrogen (secondary N) is 1. The van der Waals surface area contributed by atoms with Crippen LogP contribution in [0.1, 0.15) is 38.5 Å². The fourth-order valence-electron chi connectivity index (χ4n) is 5.06. The van der Waals surface area contributed by atoms with E-state index in [-0.39, 0.29) is 5.91 Å². The molecule has 1 amide bonds. The van der Waals surface area contributed by atoms with Crippen molar-refractivity contribution in [2.45, 2.75) is 44.1 Å². The number of hydrogen-bond acceptors (Lipinski definition) is 3. The molecule has 4 rings (SSSR count). The van der Waals surface area contributed by atoms with Crippen molar-refractivity contribution >= 4 is 15.9 Å². The summed E-state index contributed by atoms with van der Waals surface area (Å²) >= 11 is 0. The van der Waals surface area contributed by atoms with Crippen LogP contribution >= 0.6 is 0 Å². The summed E-state index contributed by atoms with van der Waals surface area (Å²) in [5.74, 6) is 0.664. The Labute approximate surface area is 108 Å². The molecule has 0 saturated heterocycles. The molecule has 4 aliphatic carbocycles. The second kappa shape index (κ2) is 3.48. The Morgan fingerprint density at radius 2 is 1.78 bits per heavy atom. The maximum Gasteiger partial charge on any atom is 0.223 e. The van der Waals surface area contributed by atoms with E-state index in [4.69, 9.17) is 5.73 Å². The zero-order valence-corrected chi connectivity index (χ0v) is 11.4. The van der Waals surface area contributed by atoms with Crippen LogP contribution in [0.15, 0.2) is 0 Å². The Hall–Kier alpha value is -0.620. The van der Waals surface area contributed by atoms with Gasteiger partial charge in [-0.25, -0.2) is 13.1 Å². The third kappa shape index (κ3) is 1.86. The Morgan fingerprint density at radius 1 is 1.22 bits per heavy atom. The minimum absolute atomic E-state index is 0.240. The van der Waals surface area contributed by atoms with Crippen LogP contribution in [0, 0.1) is 17.3 Å². The van der Waals surface area contributed by atoms with Crippen LogP contribution in [0.5, 0.6) is 0 Å². The monoisotopic (exact) mass is 272 g/mol. The molecule has 0 heterocycles. The van der Waals surface area contributed by atoms with Crippen LogP contribution in [-0.2, 0) is 14.8 Å². The Balaban J connectivity index is 1.97. The second-order valence-corrected chi connectivity index (χ2v) is 8.51. The Morgan fingerprint density at radius 3 is 2.22 bits per heavy atom. The van der Waals surface area contributed by atoms with Crippen molar-refractivity contribution in [1.29, 1.82) is 0 Å². The highest BCUT2D eigenvalue weighted by Crippen LogP contribution is 2.61. The molecule has 0 aliphatic heterocycles. The zero-order chi connectivity index (χ0) is 13.2. The summed E-state index contributed by atoms with van der Waals surface area (Å²) in [5.41, 5.74) is 4.73. The van der Waals surface area contributed by atoms with E-state index in [0.717, 1.165) is 32.1 Å². The summed E-state index contributed by atoms with van der Waals surface area (Å²) in [7, 11) is -3.24. The number of nitrogens with two attached hydrogens (primary N) is 1. The van der Waals surface area contributed by atoms with Crippen molar-refractivity contribution < 1.29 is 13.2 Å². The summed E-state index contributed by atoms with van der Waals surface area (Å²) in [5, 5.41) is 0. The smallest absolute Gasteiger partial charge is 0.223 e. The number of amides is 1. The van der Waals surface area contributed by atoms with Crippen molar-refractivity contribution in [2.75, 3.05) is 6.26 Å². The standard InChI is InChI=1S/C12H20N2O3S/c1-18(16,17)14-12-5-8-2-9(6-12)4-11(3-8,7-12)10(13)15/h8-9,14H,2-7H2,1H3,(H2,13,15)/t8-,9?,11?,12?/m0/s1. The minimum Gasteiger partial charge on any atom is -0.369 e. The van der Waals surface area contributed by atoms with Crippen molar-refractivity contribution in [2.24, 2.45) is 23.0 Å². The van der Waals surface area contributed by atoms with Crippen molar-refractivity contribution in [3.8, 4) is 0 Å². The highest BCUT2D eigenvalue weighted by molar-refractivity contribution is 7.88. The normalized spacial score (nSPS) is 46.3. The van der Waals surface area contributed by atoms with Gasteiger partial charge in [-0.3, -0.25) is 4.79 Å². The number of primary amides is 1. The summed E-state index contributed by atoms with van der Waals surface area (Å²) in [6, 6.07) is 0. The summed E-state index contributed by atoms with van der Waals surface area (Å²) in [4.78, 5) is 11.8. The summed E-state index contributed by atoms with van der Waals surface area (Å²) in [6.45, 7) is 0. The average Bonchev–Trinajstić information content (AvgIpc) is 2.10. The van der Waals surface area contributed by atoms with E-state index in [1.165, 1.54) is 6.26 Å². The first kappa shape index (κ1) is 12.4. The van der Waals surface area contributed by atoms with Gasteiger partial charge in [0, 0.05) is 5.54 Å². The van der Waals surface area contributed by atoms with Crippen molar-refractivity contribution in [1.82, 2.24) is 4.72 Å². The maximum atomic E-state index is 11.8. The maximum absolute atomic E-state index is 11.8. The number of carbonyl (C=O) groups is 1. The molecular formula is C12H20N2O3S. The van der Waals surface area contributed by atoms with Crippen molar-refractivity contribution in [3.63, 3.8) is 0 Å². The van der Waals surface area contributed by atoms with Crippen LogP contribution in [0.3, 0.4) is 0 Å². The van der Waals surface area contributed by atoms with Gasteiger partial charge in [0.25, 0.3) is 0 Å². The van der Waals surface area contributed by atoms with Gasteiger partial charge < -0.3 is 5.73 Å². The molecule has 18 heavy (non-hydrogen) atoms. The van der Waals surface area contributed by atoms with Gasteiger partial charge in [-0.2, -0.15) is 0 Å². The van der Waals surface area contributed by atoms with Gasteiger partial charge in [-0.15, -0.1) is 0 Å². The van der Waals surface area contributed by atoms with Gasteiger partial charge in [0.15, 0.2) is 0 Å².